The van der Waals surface area contributed by atoms with Gasteiger partial charge in [-0.15, -0.1) is 11.8 Å². The Balaban J connectivity index is 1.06. The fraction of sp³-hybridized carbons (Fsp3) is 0.695. The van der Waals surface area contributed by atoms with Gasteiger partial charge in [0.15, 0.2) is 5.72 Å². The molecule has 3 N–H and O–H groups in total. The second kappa shape index (κ2) is 34.2. The molecule has 9 atom stereocenters. The number of nitrogens with one attached hydrogen (secondary N) is 2. The third-order valence-electron chi connectivity index (χ3n) is 15.4. The fourth-order valence-electron chi connectivity index (χ4n) is 10.1. The van der Waals surface area contributed by atoms with Crippen LogP contribution in [0.2, 0.25) is 5.02 Å². The van der Waals surface area contributed by atoms with Crippen molar-refractivity contribution in [1.29, 1.82) is 0 Å². The van der Waals surface area contributed by atoms with E-state index in [1.807, 2.05) is 13.0 Å². The van der Waals surface area contributed by atoms with E-state index >= 15 is 0 Å². The van der Waals surface area contributed by atoms with Gasteiger partial charge in [-0.05, 0) is 57.7 Å². The number of imide groups is 1. The predicted molar refractivity (Wildman–Crippen MR) is 312 cm³/mol. The molecule has 470 valence electrons. The first-order valence-corrected chi connectivity index (χ1v) is 30.4. The highest BCUT2D eigenvalue weighted by molar-refractivity contribution is 8.00. The molecule has 1 unspecified atom stereocenters. The maximum atomic E-state index is 14.4. The molecule has 4 bridgehead atoms. The SMILES string of the molecule is CCCCCNC(=O)CCOCCOCCOCCOCCCC(=O)CCN1C(=O)CC(SCCC(=O)N(C)[C@H](C)C(=O)O[C@H]2CC(=O)N(C)c3cc(cc(OC)c3Cl)C/C(C)=C/C=C/[C@@H](OC)[C@@]3(O)C[C@H](OC(=O)N3)[C@@H](C)[C@@H]3O[C@@]23C)C1=O. The standard InChI is InChI=1S/C59H88ClN5O18S/c1-10-11-12-21-61-49(67)19-24-78-26-28-80-30-29-79-27-25-77-23-14-16-42(66)18-22-65-52(70)35-46(55(65)71)84-31-20-50(68)63(6)40(4)56(72)82-48-36-51(69)64(7)43-33-41(34-44(75-8)53(43)60)32-38(2)15-13-17-47(76-9)59(74)37-45(81-57(73)62-59)39(3)54-58(48,5)83-54/h13,15,17,33-34,39-40,45-48,54,74H,10-12,14,16,18-32,35-37H2,1-9H3,(H,61,67)(H,62,73)/b17-13+,38-15+/t39-,40-,45+,46?,47-,48+,54+,58+,59+/m1/s1. The van der Waals surface area contributed by atoms with Crippen LogP contribution in [0.15, 0.2) is 35.9 Å². The highest BCUT2D eigenvalue weighted by Gasteiger charge is 2.64. The number of aliphatic hydroxyl groups is 1. The number of ketones is 1. The van der Waals surface area contributed by atoms with Crippen molar-refractivity contribution in [3.8, 4) is 5.75 Å². The monoisotopic (exact) mass is 1220 g/mol. The molecule has 4 heterocycles. The number of hydrogen-bond donors (Lipinski definition) is 3. The third kappa shape index (κ3) is 20.5. The van der Waals surface area contributed by atoms with Crippen molar-refractivity contribution >= 4 is 76.4 Å². The molecule has 0 spiro atoms. The molecule has 4 aliphatic rings. The van der Waals surface area contributed by atoms with Crippen molar-refractivity contribution in [2.24, 2.45) is 5.92 Å². The average Bonchev–Trinajstić information content (AvgIpc) is 1.76. The Morgan fingerprint density at radius 1 is 0.929 bits per heavy atom. The summed E-state index contributed by atoms with van der Waals surface area (Å²) in [4.78, 5) is 109. The molecular formula is C59H88ClN5O18S. The number of likely N-dealkylation sites (N-methyl/N-ethyl adjacent to an activating group) is 1. The number of benzene rings is 1. The Labute approximate surface area is 502 Å². The lowest BCUT2D eigenvalue weighted by atomic mass is 9.83. The molecule has 0 saturated carbocycles. The van der Waals surface area contributed by atoms with Gasteiger partial charge < -0.3 is 62.9 Å². The lowest BCUT2D eigenvalue weighted by Gasteiger charge is -2.42. The van der Waals surface area contributed by atoms with E-state index in [2.05, 4.69) is 17.6 Å². The summed E-state index contributed by atoms with van der Waals surface area (Å²) < 4.78 is 51.4. The number of allylic oxidation sites excluding steroid dienone is 3. The number of thioether (sulfide) groups is 1. The summed E-state index contributed by atoms with van der Waals surface area (Å²) in [5.41, 5.74) is -1.22. The Morgan fingerprint density at radius 3 is 2.27 bits per heavy atom. The molecule has 0 aromatic heterocycles. The van der Waals surface area contributed by atoms with Crippen molar-refractivity contribution in [1.82, 2.24) is 20.4 Å². The van der Waals surface area contributed by atoms with Gasteiger partial charge in [-0.2, -0.15) is 0 Å². The first kappa shape index (κ1) is 69.6. The molecule has 23 nitrogen and oxygen atoms in total. The lowest BCUT2D eigenvalue weighted by molar-refractivity contribution is -0.162. The van der Waals surface area contributed by atoms with E-state index in [9.17, 15) is 43.5 Å². The van der Waals surface area contributed by atoms with E-state index in [0.29, 0.717) is 90.1 Å². The van der Waals surface area contributed by atoms with Gasteiger partial charge in [0.25, 0.3) is 0 Å². The van der Waals surface area contributed by atoms with Crippen LogP contribution in [0.5, 0.6) is 5.75 Å². The highest BCUT2D eigenvalue weighted by atomic mass is 35.5. The Hall–Kier alpha value is -5.18. The summed E-state index contributed by atoms with van der Waals surface area (Å²) in [6, 6.07) is 2.37. The quantitative estimate of drug-likeness (QED) is 0.0359. The van der Waals surface area contributed by atoms with E-state index in [0.717, 1.165) is 47.1 Å². The van der Waals surface area contributed by atoms with Gasteiger partial charge in [0.05, 0.1) is 76.8 Å². The number of carbonyl (C=O) groups excluding carboxylic acids is 8. The molecule has 0 aliphatic carbocycles. The first-order chi connectivity index (χ1) is 40.1. The van der Waals surface area contributed by atoms with Crippen molar-refractivity contribution in [2.45, 2.75) is 159 Å². The number of amides is 6. The van der Waals surface area contributed by atoms with Gasteiger partial charge >= 0.3 is 12.1 Å². The van der Waals surface area contributed by atoms with Gasteiger partial charge in [-0.1, -0.05) is 62.1 Å². The predicted octanol–water partition coefficient (Wildman–Crippen LogP) is 5.27. The lowest BCUT2D eigenvalue weighted by Crippen LogP contribution is -2.63. The molecule has 5 rings (SSSR count). The summed E-state index contributed by atoms with van der Waals surface area (Å²) >= 11 is 7.97. The average molecular weight is 1220 g/mol. The minimum absolute atomic E-state index is 0.00583. The summed E-state index contributed by atoms with van der Waals surface area (Å²) in [7, 11) is 5.85. The Kier molecular flexibility index (Phi) is 28.4. The second-order valence-electron chi connectivity index (χ2n) is 21.7. The molecule has 3 saturated heterocycles. The minimum Gasteiger partial charge on any atom is -0.495 e. The zero-order valence-corrected chi connectivity index (χ0v) is 51.8. The maximum Gasteiger partial charge on any atom is 0.409 e. The topological polar surface area (TPSA) is 277 Å². The van der Waals surface area contributed by atoms with Gasteiger partial charge in [0.2, 0.25) is 29.5 Å². The number of rotatable bonds is 32. The van der Waals surface area contributed by atoms with E-state index in [4.69, 9.17) is 54.2 Å². The molecule has 25 heteroatoms. The van der Waals surface area contributed by atoms with Gasteiger partial charge in [-0.3, -0.25) is 39.0 Å². The van der Waals surface area contributed by atoms with Crippen LogP contribution in [0.3, 0.4) is 0 Å². The number of Topliss-reactive ketones (excluding diaryl/α,β-unsaturated/α-hetero) is 1. The number of carbonyl (C=O) groups is 8. The smallest absolute Gasteiger partial charge is 0.409 e. The van der Waals surface area contributed by atoms with Crippen molar-refractivity contribution < 1.29 is 86.1 Å². The fourth-order valence-corrected chi connectivity index (χ4v) is 11.5. The van der Waals surface area contributed by atoms with Crippen molar-refractivity contribution in [3.63, 3.8) is 0 Å². The number of likely N-dealkylation sites (tertiary alicyclic amines) is 1. The van der Waals surface area contributed by atoms with Gasteiger partial charge in [0, 0.05) is 91.1 Å². The summed E-state index contributed by atoms with van der Waals surface area (Å²) in [5, 5.41) is 16.7. The maximum absolute atomic E-state index is 14.4. The molecule has 3 fully saturated rings. The normalized spacial score (nSPS) is 25.9. The van der Waals surface area contributed by atoms with E-state index in [1.165, 1.54) is 38.0 Å². The number of unbranched alkanes of at least 4 members (excludes halogenated alkanes) is 2. The molecule has 1 aromatic carbocycles. The van der Waals surface area contributed by atoms with Crippen LogP contribution in [0.25, 0.3) is 0 Å². The summed E-state index contributed by atoms with van der Waals surface area (Å²) in [5.74, 6) is -2.89. The van der Waals surface area contributed by atoms with Crippen LogP contribution in [-0.2, 0) is 77.9 Å². The molecular weight excluding hydrogens is 1130 g/mol. The Bertz CT molecular complexity index is 2490. The van der Waals surface area contributed by atoms with Gasteiger partial charge in [-0.25, -0.2) is 9.59 Å². The number of methoxy groups -OCH3 is 2. The van der Waals surface area contributed by atoms with Crippen molar-refractivity contribution in [2.75, 3.05) is 105 Å². The molecule has 1 aromatic rings. The van der Waals surface area contributed by atoms with Crippen LogP contribution >= 0.6 is 23.4 Å². The number of ether oxygens (including phenoxy) is 9. The molecule has 0 radical (unpaired) electrons. The van der Waals surface area contributed by atoms with Crippen LogP contribution in [0.4, 0.5) is 10.5 Å². The van der Waals surface area contributed by atoms with Crippen LogP contribution in [0.1, 0.15) is 111 Å². The van der Waals surface area contributed by atoms with Crippen LogP contribution in [-0.4, -0.2) is 209 Å². The van der Waals surface area contributed by atoms with Gasteiger partial charge in [0.1, 0.15) is 46.5 Å². The van der Waals surface area contributed by atoms with Crippen molar-refractivity contribution in [3.05, 3.63) is 46.5 Å². The number of epoxide rings is 1. The van der Waals surface area contributed by atoms with Crippen LogP contribution in [0, 0.1) is 5.92 Å². The third-order valence-corrected chi connectivity index (χ3v) is 17.0. The summed E-state index contributed by atoms with van der Waals surface area (Å²) in [6.07, 6.45) is 4.31. The minimum atomic E-state index is -1.89. The molecule has 6 amide bonds. The van der Waals surface area contributed by atoms with E-state index < -0.39 is 95.1 Å². The molecule has 4 aliphatic heterocycles. The number of nitrogens with zero attached hydrogens (tertiary/aromatic N) is 3. The van der Waals surface area contributed by atoms with E-state index in [-0.39, 0.29) is 61.1 Å². The number of hydrogen-bond acceptors (Lipinski definition) is 19. The second-order valence-corrected chi connectivity index (χ2v) is 23.4. The number of fused-ring (bicyclic) bond motifs is 5. The number of alkyl carbamates (subject to hydrolysis) is 1. The zero-order valence-electron chi connectivity index (χ0n) is 50.2. The summed E-state index contributed by atoms with van der Waals surface area (Å²) in [6.45, 7) is 12.5. The Morgan fingerprint density at radius 2 is 1.61 bits per heavy atom. The first-order valence-electron chi connectivity index (χ1n) is 29.0. The van der Waals surface area contributed by atoms with E-state index in [1.54, 1.807) is 45.2 Å². The number of esters is 1. The number of halogens is 1. The number of anilines is 1. The van der Waals surface area contributed by atoms with Crippen LogP contribution < -0.4 is 20.3 Å². The zero-order chi connectivity index (χ0) is 61.6. The molecule has 84 heavy (non-hydrogen) atoms. The largest absolute Gasteiger partial charge is 0.495 e. The highest BCUT2D eigenvalue weighted by Crippen LogP contribution is 2.49.